The Kier molecular flexibility index (Phi) is 9.53. The van der Waals surface area contributed by atoms with Gasteiger partial charge in [0.05, 0.1) is 13.0 Å². The Labute approximate surface area is 182 Å². The van der Waals surface area contributed by atoms with Gasteiger partial charge in [0, 0.05) is 31.7 Å². The molecular formula is C19H34N6O6. The van der Waals surface area contributed by atoms with Crippen LogP contribution in [0.25, 0.3) is 0 Å². The van der Waals surface area contributed by atoms with Crippen LogP contribution in [0.15, 0.2) is 4.99 Å². The van der Waals surface area contributed by atoms with Crippen LogP contribution in [0.5, 0.6) is 0 Å². The quantitative estimate of drug-likeness (QED) is 0.187. The monoisotopic (exact) mass is 442 g/mol. The maximum atomic E-state index is 13.1. The molecule has 1 rings (SSSR count). The molecule has 1 unspecified atom stereocenters. The predicted octanol–water partition coefficient (Wildman–Crippen LogP) is 0.259. The largest absolute Gasteiger partial charge is 0.480 e. The zero-order chi connectivity index (χ0) is 23.9. The van der Waals surface area contributed by atoms with Gasteiger partial charge in [-0.3, -0.25) is 9.79 Å². The third-order valence-corrected chi connectivity index (χ3v) is 5.12. The van der Waals surface area contributed by atoms with Crippen LogP contribution in [0.2, 0.25) is 0 Å². The number of carbonyl (C=O) groups excluding carboxylic acids is 3. The Balaban J connectivity index is 2.90. The summed E-state index contributed by atoms with van der Waals surface area (Å²) in [5.74, 6) is -2.68. The van der Waals surface area contributed by atoms with Crippen molar-refractivity contribution in [2.24, 2.45) is 22.4 Å². The topological polar surface area (TPSA) is 172 Å². The first-order chi connectivity index (χ1) is 14.4. The lowest BCUT2D eigenvalue weighted by Crippen LogP contribution is -2.69. The second-order valence-corrected chi connectivity index (χ2v) is 7.87. The smallest absolute Gasteiger partial charge is 0.409 e. The first-order valence-corrected chi connectivity index (χ1v) is 10.2. The first kappa shape index (κ1) is 26.0. The standard InChI is InChI=1S/C19H34N6O6/c1-11(2)23(9-10-24(12(3)4)19(30)31-5)18(29)25-14(16(27)28)13(15(25)26)7-6-8-22-17(20)21/h11-14H,6-10H2,1-5H3,(H,27,28)(H4,20,21,22)/t13-,14?/m1/s1. The highest BCUT2D eigenvalue weighted by Crippen LogP contribution is 2.32. The van der Waals surface area contributed by atoms with Crippen molar-refractivity contribution in [3.8, 4) is 0 Å². The highest BCUT2D eigenvalue weighted by Gasteiger charge is 2.55. The zero-order valence-electron chi connectivity index (χ0n) is 18.8. The molecule has 0 aromatic rings. The SMILES string of the molecule is COC(=O)N(CCN(C(=O)N1C(=O)[C@H](CCCN=C(N)N)C1C(=O)O)C(C)C)C(C)C. The molecule has 176 valence electrons. The summed E-state index contributed by atoms with van der Waals surface area (Å²) in [6.07, 6.45) is 0.133. The fraction of sp³-hybridized carbons (Fsp3) is 0.737. The van der Waals surface area contributed by atoms with Gasteiger partial charge in [0.25, 0.3) is 0 Å². The van der Waals surface area contributed by atoms with Gasteiger partial charge in [-0.05, 0) is 40.5 Å². The number of nitrogens with zero attached hydrogens (tertiary/aromatic N) is 4. The van der Waals surface area contributed by atoms with Crippen molar-refractivity contribution >= 4 is 30.0 Å². The molecule has 0 bridgehead atoms. The second kappa shape index (κ2) is 11.4. The summed E-state index contributed by atoms with van der Waals surface area (Å²) < 4.78 is 4.76. The number of hydrogen-bond donors (Lipinski definition) is 3. The van der Waals surface area contributed by atoms with Gasteiger partial charge in [-0.2, -0.15) is 0 Å². The molecule has 31 heavy (non-hydrogen) atoms. The average molecular weight is 443 g/mol. The van der Waals surface area contributed by atoms with Gasteiger partial charge in [-0.25, -0.2) is 19.3 Å². The number of urea groups is 1. The van der Waals surface area contributed by atoms with Gasteiger partial charge in [0.15, 0.2) is 12.0 Å². The number of ether oxygens (including phenoxy) is 1. The van der Waals surface area contributed by atoms with Crippen molar-refractivity contribution in [1.29, 1.82) is 0 Å². The molecular weight excluding hydrogens is 408 g/mol. The second-order valence-electron chi connectivity index (χ2n) is 7.87. The third kappa shape index (κ3) is 6.46. The van der Waals surface area contributed by atoms with E-state index in [2.05, 4.69) is 4.99 Å². The van der Waals surface area contributed by atoms with E-state index in [0.717, 1.165) is 4.90 Å². The number of aliphatic carboxylic acids is 1. The van der Waals surface area contributed by atoms with E-state index in [1.54, 1.807) is 13.8 Å². The van der Waals surface area contributed by atoms with Gasteiger partial charge < -0.3 is 31.1 Å². The number of carboxylic acids is 1. The minimum Gasteiger partial charge on any atom is -0.480 e. The van der Waals surface area contributed by atoms with Crippen LogP contribution >= 0.6 is 0 Å². The number of amides is 4. The number of β-lactam (4-membered cyclic amide) rings is 1. The van der Waals surface area contributed by atoms with Crippen molar-refractivity contribution in [2.75, 3.05) is 26.7 Å². The summed E-state index contributed by atoms with van der Waals surface area (Å²) in [6, 6.07) is -2.42. The van der Waals surface area contributed by atoms with Crippen LogP contribution in [0.1, 0.15) is 40.5 Å². The molecule has 0 aromatic heterocycles. The van der Waals surface area contributed by atoms with Crippen molar-refractivity contribution in [1.82, 2.24) is 14.7 Å². The minimum absolute atomic E-state index is 0.0819. The van der Waals surface area contributed by atoms with Crippen molar-refractivity contribution in [2.45, 2.75) is 58.7 Å². The van der Waals surface area contributed by atoms with Crippen LogP contribution < -0.4 is 11.5 Å². The van der Waals surface area contributed by atoms with Crippen molar-refractivity contribution in [3.05, 3.63) is 0 Å². The van der Waals surface area contributed by atoms with Crippen LogP contribution in [0.4, 0.5) is 9.59 Å². The highest BCUT2D eigenvalue weighted by molar-refractivity contribution is 6.07. The van der Waals surface area contributed by atoms with Crippen LogP contribution in [0, 0.1) is 5.92 Å². The Bertz CT molecular complexity index is 706. The molecule has 1 fully saturated rings. The number of carboxylic acid groups (broad SMARTS) is 1. The van der Waals surface area contributed by atoms with Gasteiger partial charge >= 0.3 is 18.1 Å². The molecule has 0 aliphatic carbocycles. The highest BCUT2D eigenvalue weighted by atomic mass is 16.5. The lowest BCUT2D eigenvalue weighted by molar-refractivity contribution is -0.167. The van der Waals surface area contributed by atoms with E-state index in [4.69, 9.17) is 16.2 Å². The summed E-state index contributed by atoms with van der Waals surface area (Å²) in [5, 5.41) is 9.60. The molecule has 1 aliphatic rings. The maximum Gasteiger partial charge on any atom is 0.409 e. The number of methoxy groups -OCH3 is 1. The summed E-state index contributed by atoms with van der Waals surface area (Å²) in [5.41, 5.74) is 10.5. The van der Waals surface area contributed by atoms with Crippen LogP contribution in [-0.2, 0) is 14.3 Å². The van der Waals surface area contributed by atoms with Crippen molar-refractivity contribution < 1.29 is 29.0 Å². The Morgan fingerprint density at radius 2 is 1.68 bits per heavy atom. The molecule has 2 atom stereocenters. The van der Waals surface area contributed by atoms with Gasteiger partial charge in [-0.15, -0.1) is 0 Å². The first-order valence-electron chi connectivity index (χ1n) is 10.2. The molecule has 12 nitrogen and oxygen atoms in total. The lowest BCUT2D eigenvalue weighted by Gasteiger charge is -2.46. The van der Waals surface area contributed by atoms with E-state index in [1.807, 2.05) is 13.8 Å². The van der Waals surface area contributed by atoms with E-state index in [-0.39, 0.29) is 44.1 Å². The predicted molar refractivity (Wildman–Crippen MR) is 113 cm³/mol. The number of hydrogen-bond acceptors (Lipinski definition) is 6. The van der Waals surface area contributed by atoms with Crippen molar-refractivity contribution in [3.63, 3.8) is 0 Å². The molecule has 0 spiro atoms. The maximum absolute atomic E-state index is 13.1. The fourth-order valence-electron chi connectivity index (χ4n) is 3.45. The Hall–Kier alpha value is -3.05. The summed E-state index contributed by atoms with van der Waals surface area (Å²) in [6.45, 7) is 7.69. The number of imide groups is 1. The molecule has 1 saturated heterocycles. The van der Waals surface area contributed by atoms with Gasteiger partial charge in [0.1, 0.15) is 0 Å². The molecule has 0 radical (unpaired) electrons. The summed E-state index contributed by atoms with van der Waals surface area (Å²) >= 11 is 0. The number of carbonyl (C=O) groups is 4. The van der Waals surface area contributed by atoms with E-state index in [1.165, 1.54) is 16.9 Å². The lowest BCUT2D eigenvalue weighted by atomic mass is 9.83. The van der Waals surface area contributed by atoms with E-state index in [0.29, 0.717) is 6.42 Å². The molecule has 4 amide bonds. The minimum atomic E-state index is -1.25. The molecule has 0 aromatic carbocycles. The van der Waals surface area contributed by atoms with E-state index < -0.39 is 36.0 Å². The van der Waals surface area contributed by atoms with E-state index in [9.17, 15) is 24.3 Å². The number of aliphatic imine (C=N–C) groups is 1. The molecule has 12 heteroatoms. The molecule has 0 saturated carbocycles. The van der Waals surface area contributed by atoms with Gasteiger partial charge in [0.2, 0.25) is 5.91 Å². The Morgan fingerprint density at radius 1 is 1.13 bits per heavy atom. The van der Waals surface area contributed by atoms with Crippen LogP contribution in [-0.4, -0.2) is 94.6 Å². The van der Waals surface area contributed by atoms with E-state index >= 15 is 0 Å². The fourth-order valence-corrected chi connectivity index (χ4v) is 3.45. The van der Waals surface area contributed by atoms with Gasteiger partial charge in [-0.1, -0.05) is 0 Å². The number of rotatable bonds is 10. The molecule has 5 N–H and O–H groups in total. The van der Waals surface area contributed by atoms with Crippen LogP contribution in [0.3, 0.4) is 0 Å². The average Bonchev–Trinajstić information content (AvgIpc) is 2.66. The molecule has 1 heterocycles. The third-order valence-electron chi connectivity index (χ3n) is 5.12. The molecule has 1 aliphatic heterocycles. The number of nitrogens with two attached hydrogens (primary N) is 2. The summed E-state index contributed by atoms with van der Waals surface area (Å²) in [4.78, 5) is 56.8. The number of guanidine groups is 1. The Morgan fingerprint density at radius 3 is 2.13 bits per heavy atom. The number of likely N-dealkylation sites (tertiary alicyclic amines) is 1. The summed E-state index contributed by atoms with van der Waals surface area (Å²) in [7, 11) is 1.27. The normalized spacial score (nSPS) is 17.9. The zero-order valence-corrected chi connectivity index (χ0v) is 18.8.